The lowest BCUT2D eigenvalue weighted by molar-refractivity contribution is 0.801. The fourth-order valence-corrected chi connectivity index (χ4v) is 2.31. The topological polar surface area (TPSA) is 53.6 Å². The van der Waals surface area contributed by atoms with Crippen molar-refractivity contribution in [2.45, 2.75) is 32.2 Å². The van der Waals surface area contributed by atoms with Gasteiger partial charge in [0.25, 0.3) is 0 Å². The van der Waals surface area contributed by atoms with Crippen LogP contribution in [0.15, 0.2) is 24.5 Å². The van der Waals surface area contributed by atoms with E-state index in [4.69, 9.17) is 0 Å². The number of aryl methyl sites for hydroxylation is 2. The van der Waals surface area contributed by atoms with Crippen molar-refractivity contribution < 1.29 is 0 Å². The Balaban J connectivity index is 1.77. The van der Waals surface area contributed by atoms with Crippen molar-refractivity contribution in [1.29, 1.82) is 0 Å². The van der Waals surface area contributed by atoms with Gasteiger partial charge in [-0.2, -0.15) is 0 Å². The van der Waals surface area contributed by atoms with E-state index in [1.54, 1.807) is 6.20 Å². The van der Waals surface area contributed by atoms with Crippen LogP contribution in [0.4, 0.5) is 5.82 Å². The Morgan fingerprint density at radius 3 is 3.12 bits per heavy atom. The van der Waals surface area contributed by atoms with E-state index in [0.717, 1.165) is 18.1 Å². The van der Waals surface area contributed by atoms with E-state index in [2.05, 4.69) is 39.3 Å². The summed E-state index contributed by atoms with van der Waals surface area (Å²) >= 11 is 0. The third-order valence-electron chi connectivity index (χ3n) is 3.22. The summed E-state index contributed by atoms with van der Waals surface area (Å²) in [5.74, 6) is 1.88. The molecule has 0 fully saturated rings. The lowest BCUT2D eigenvalue weighted by Gasteiger charge is -2.13. The molecule has 4 heteroatoms. The van der Waals surface area contributed by atoms with Crippen LogP contribution in [-0.4, -0.2) is 15.0 Å². The number of nitrogens with one attached hydrogen (secondary N) is 2. The first kappa shape index (κ1) is 10.3. The summed E-state index contributed by atoms with van der Waals surface area (Å²) in [5.41, 5.74) is 2.66. The number of nitrogens with zero attached hydrogens (tertiary/aromatic N) is 2. The Bertz CT molecular complexity index is 504. The predicted octanol–water partition coefficient (Wildman–Crippen LogP) is 2.47. The van der Waals surface area contributed by atoms with Gasteiger partial charge < -0.3 is 10.3 Å². The van der Waals surface area contributed by atoms with Crippen molar-refractivity contribution in [3.63, 3.8) is 0 Å². The van der Waals surface area contributed by atoms with Crippen LogP contribution in [0.1, 0.15) is 36.5 Å². The molecule has 0 amide bonds. The standard InChI is InChI=1S/C13H16N4/c1-9(13-14-7-8-15-13)16-12-6-5-10-3-2-4-11(10)17-12/h5-9H,2-4H2,1H3,(H,14,15)(H,16,17). The molecule has 1 atom stereocenters. The quantitative estimate of drug-likeness (QED) is 0.848. The summed E-state index contributed by atoms with van der Waals surface area (Å²) in [6.07, 6.45) is 7.13. The van der Waals surface area contributed by atoms with E-state index >= 15 is 0 Å². The molecule has 2 aromatic heterocycles. The normalized spacial score (nSPS) is 15.6. The molecule has 0 saturated carbocycles. The molecule has 0 saturated heterocycles. The number of aromatic nitrogens is 3. The third-order valence-corrected chi connectivity index (χ3v) is 3.22. The monoisotopic (exact) mass is 228 g/mol. The average molecular weight is 228 g/mol. The van der Waals surface area contributed by atoms with E-state index in [9.17, 15) is 0 Å². The predicted molar refractivity (Wildman–Crippen MR) is 66.9 cm³/mol. The van der Waals surface area contributed by atoms with Crippen LogP contribution in [0.2, 0.25) is 0 Å². The van der Waals surface area contributed by atoms with Crippen LogP contribution >= 0.6 is 0 Å². The SMILES string of the molecule is CC(Nc1ccc2c(n1)CCC2)c1ncc[nH]1. The highest BCUT2D eigenvalue weighted by molar-refractivity contribution is 5.41. The minimum Gasteiger partial charge on any atom is -0.360 e. The molecule has 4 nitrogen and oxygen atoms in total. The van der Waals surface area contributed by atoms with Crippen LogP contribution in [0.5, 0.6) is 0 Å². The van der Waals surface area contributed by atoms with Gasteiger partial charge in [0.1, 0.15) is 11.6 Å². The summed E-state index contributed by atoms with van der Waals surface area (Å²) in [7, 11) is 0. The molecule has 17 heavy (non-hydrogen) atoms. The summed E-state index contributed by atoms with van der Waals surface area (Å²) < 4.78 is 0. The van der Waals surface area contributed by atoms with E-state index in [1.165, 1.54) is 24.1 Å². The van der Waals surface area contributed by atoms with E-state index < -0.39 is 0 Å². The van der Waals surface area contributed by atoms with Gasteiger partial charge in [0.15, 0.2) is 0 Å². The van der Waals surface area contributed by atoms with Crippen molar-refractivity contribution in [2.24, 2.45) is 0 Å². The molecule has 0 radical (unpaired) electrons. The van der Waals surface area contributed by atoms with E-state index in [-0.39, 0.29) is 6.04 Å². The number of anilines is 1. The zero-order chi connectivity index (χ0) is 11.7. The minimum absolute atomic E-state index is 0.150. The molecule has 1 aliphatic rings. The van der Waals surface area contributed by atoms with Gasteiger partial charge in [-0.15, -0.1) is 0 Å². The van der Waals surface area contributed by atoms with Gasteiger partial charge in [-0.25, -0.2) is 9.97 Å². The number of fused-ring (bicyclic) bond motifs is 1. The van der Waals surface area contributed by atoms with Crippen molar-refractivity contribution in [3.05, 3.63) is 41.6 Å². The summed E-state index contributed by atoms with van der Waals surface area (Å²) in [6, 6.07) is 4.40. The smallest absolute Gasteiger partial charge is 0.128 e. The molecule has 88 valence electrons. The third kappa shape index (κ3) is 2.02. The number of hydrogen-bond donors (Lipinski definition) is 2. The maximum atomic E-state index is 4.65. The Hall–Kier alpha value is -1.84. The second-order valence-corrected chi connectivity index (χ2v) is 4.50. The van der Waals surface area contributed by atoms with Gasteiger partial charge in [0.2, 0.25) is 0 Å². The molecule has 1 unspecified atom stereocenters. The zero-order valence-electron chi connectivity index (χ0n) is 9.90. The van der Waals surface area contributed by atoms with Crippen LogP contribution in [-0.2, 0) is 12.8 Å². The molecule has 0 spiro atoms. The van der Waals surface area contributed by atoms with Gasteiger partial charge >= 0.3 is 0 Å². The van der Waals surface area contributed by atoms with Crippen molar-refractivity contribution in [2.75, 3.05) is 5.32 Å². The molecule has 0 aliphatic heterocycles. The number of aromatic amines is 1. The lowest BCUT2D eigenvalue weighted by atomic mass is 10.2. The van der Waals surface area contributed by atoms with Crippen LogP contribution in [0, 0.1) is 0 Å². The van der Waals surface area contributed by atoms with Gasteiger partial charge in [-0.3, -0.25) is 0 Å². The van der Waals surface area contributed by atoms with Crippen molar-refractivity contribution in [3.8, 4) is 0 Å². The Morgan fingerprint density at radius 1 is 1.35 bits per heavy atom. The summed E-state index contributed by atoms with van der Waals surface area (Å²) in [4.78, 5) is 12.0. The molecule has 1 aliphatic carbocycles. The number of H-pyrrole nitrogens is 1. The van der Waals surface area contributed by atoms with Crippen LogP contribution < -0.4 is 5.32 Å². The molecule has 2 aromatic rings. The first-order valence-electron chi connectivity index (χ1n) is 6.07. The molecular weight excluding hydrogens is 212 g/mol. The molecular formula is C13H16N4. The number of rotatable bonds is 3. The highest BCUT2D eigenvalue weighted by Crippen LogP contribution is 2.23. The number of imidazole rings is 1. The Morgan fingerprint density at radius 2 is 2.29 bits per heavy atom. The molecule has 2 heterocycles. The Labute approximate surface area is 101 Å². The van der Waals surface area contributed by atoms with E-state index in [0.29, 0.717) is 0 Å². The maximum Gasteiger partial charge on any atom is 0.128 e. The molecule has 3 rings (SSSR count). The van der Waals surface area contributed by atoms with Crippen LogP contribution in [0.25, 0.3) is 0 Å². The Kier molecular flexibility index (Phi) is 2.55. The van der Waals surface area contributed by atoms with Gasteiger partial charge in [-0.1, -0.05) is 6.07 Å². The second kappa shape index (κ2) is 4.20. The molecule has 0 bridgehead atoms. The summed E-state index contributed by atoms with van der Waals surface area (Å²) in [6.45, 7) is 2.08. The highest BCUT2D eigenvalue weighted by Gasteiger charge is 2.14. The first-order valence-corrected chi connectivity index (χ1v) is 6.07. The second-order valence-electron chi connectivity index (χ2n) is 4.50. The lowest BCUT2D eigenvalue weighted by Crippen LogP contribution is -2.10. The number of hydrogen-bond acceptors (Lipinski definition) is 3. The van der Waals surface area contributed by atoms with Crippen LogP contribution in [0.3, 0.4) is 0 Å². The van der Waals surface area contributed by atoms with Gasteiger partial charge in [0.05, 0.1) is 6.04 Å². The number of pyridine rings is 1. The van der Waals surface area contributed by atoms with Crippen molar-refractivity contribution >= 4 is 5.82 Å². The first-order chi connectivity index (χ1) is 8.33. The van der Waals surface area contributed by atoms with Gasteiger partial charge in [-0.05, 0) is 37.8 Å². The molecule has 0 aromatic carbocycles. The largest absolute Gasteiger partial charge is 0.360 e. The fourth-order valence-electron chi connectivity index (χ4n) is 2.31. The minimum atomic E-state index is 0.150. The van der Waals surface area contributed by atoms with Gasteiger partial charge in [0, 0.05) is 18.1 Å². The van der Waals surface area contributed by atoms with Crippen molar-refractivity contribution in [1.82, 2.24) is 15.0 Å². The van der Waals surface area contributed by atoms with E-state index in [1.807, 2.05) is 6.20 Å². The summed E-state index contributed by atoms with van der Waals surface area (Å²) in [5, 5.41) is 3.37. The zero-order valence-corrected chi connectivity index (χ0v) is 9.90. The average Bonchev–Trinajstić information content (AvgIpc) is 2.99. The maximum absolute atomic E-state index is 4.65. The highest BCUT2D eigenvalue weighted by atomic mass is 15.1. The fraction of sp³-hybridized carbons (Fsp3) is 0.385. The molecule has 2 N–H and O–H groups in total.